The number of benzene rings is 1. The Labute approximate surface area is 138 Å². The lowest BCUT2D eigenvalue weighted by atomic mass is 9.93. The van der Waals surface area contributed by atoms with Gasteiger partial charge in [0.2, 0.25) is 0 Å². The summed E-state index contributed by atoms with van der Waals surface area (Å²) in [4.78, 5) is 14.7. The molecule has 1 aromatic rings. The zero-order valence-electron chi connectivity index (χ0n) is 11.2. The fourth-order valence-corrected chi connectivity index (χ4v) is 3.68. The van der Waals surface area contributed by atoms with E-state index in [1.165, 1.54) is 19.3 Å². The van der Waals surface area contributed by atoms with E-state index < -0.39 is 0 Å². The Morgan fingerprint density at radius 2 is 1.75 bits per heavy atom. The van der Waals surface area contributed by atoms with Gasteiger partial charge in [0.1, 0.15) is 0 Å². The number of hydrogen-bond donors (Lipinski definition) is 0. The third-order valence-corrected chi connectivity index (χ3v) is 4.50. The van der Waals surface area contributed by atoms with E-state index in [1.54, 1.807) is 18.2 Å². The number of rotatable bonds is 4. The summed E-state index contributed by atoms with van der Waals surface area (Å²) in [6.07, 6.45) is 5.86. The summed E-state index contributed by atoms with van der Waals surface area (Å²) < 4.78 is 0. The number of carbonyl (C=O) groups is 1. The Morgan fingerprint density at radius 1 is 1.15 bits per heavy atom. The second-order valence-electron chi connectivity index (χ2n) is 5.14. The monoisotopic (exact) mass is 377 g/mol. The highest BCUT2D eigenvalue weighted by Crippen LogP contribution is 2.26. The van der Waals surface area contributed by atoms with Gasteiger partial charge in [-0.25, -0.2) is 0 Å². The van der Waals surface area contributed by atoms with Crippen LogP contribution in [0.2, 0.25) is 10.0 Å². The molecule has 5 heteroatoms. The molecule has 0 aliphatic heterocycles. The van der Waals surface area contributed by atoms with Crippen LogP contribution >= 0.6 is 39.1 Å². The van der Waals surface area contributed by atoms with Crippen molar-refractivity contribution in [1.29, 1.82) is 0 Å². The molecule has 0 aromatic heterocycles. The average molecular weight is 379 g/mol. The van der Waals surface area contributed by atoms with Gasteiger partial charge in [-0.1, -0.05) is 58.4 Å². The van der Waals surface area contributed by atoms with Gasteiger partial charge in [-0.2, -0.15) is 0 Å². The standard InChI is InChI=1S/C15H18BrCl2NO/c16-6-7-19(14-4-2-1-3-5-14)15(20)11-8-12(17)10-13(18)9-11/h8-10,14H,1-7H2. The molecule has 1 aliphatic carbocycles. The molecule has 0 radical (unpaired) electrons. The van der Waals surface area contributed by atoms with Crippen molar-refractivity contribution in [3.05, 3.63) is 33.8 Å². The summed E-state index contributed by atoms with van der Waals surface area (Å²) in [6.45, 7) is 0.716. The van der Waals surface area contributed by atoms with Crippen molar-refractivity contribution >= 4 is 45.0 Å². The molecule has 1 fully saturated rings. The Hall–Kier alpha value is -0.250. The Balaban J connectivity index is 2.20. The predicted octanol–water partition coefficient (Wildman–Crippen LogP) is 5.16. The van der Waals surface area contributed by atoms with Crippen molar-refractivity contribution in [2.24, 2.45) is 0 Å². The van der Waals surface area contributed by atoms with E-state index in [2.05, 4.69) is 15.9 Å². The number of hydrogen-bond acceptors (Lipinski definition) is 1. The highest BCUT2D eigenvalue weighted by molar-refractivity contribution is 9.09. The van der Waals surface area contributed by atoms with Crippen LogP contribution in [-0.4, -0.2) is 28.7 Å². The third-order valence-electron chi connectivity index (χ3n) is 3.71. The molecular formula is C15H18BrCl2NO. The maximum absolute atomic E-state index is 12.7. The topological polar surface area (TPSA) is 20.3 Å². The van der Waals surface area contributed by atoms with Crippen LogP contribution in [0.25, 0.3) is 0 Å². The minimum absolute atomic E-state index is 0.0285. The second-order valence-corrected chi connectivity index (χ2v) is 6.80. The van der Waals surface area contributed by atoms with Crippen molar-refractivity contribution in [2.75, 3.05) is 11.9 Å². The van der Waals surface area contributed by atoms with Gasteiger partial charge >= 0.3 is 0 Å². The van der Waals surface area contributed by atoms with Crippen LogP contribution in [0.1, 0.15) is 42.5 Å². The van der Waals surface area contributed by atoms with Gasteiger partial charge in [0.05, 0.1) is 0 Å². The number of alkyl halides is 1. The van der Waals surface area contributed by atoms with Gasteiger partial charge in [0.15, 0.2) is 0 Å². The molecule has 110 valence electrons. The van der Waals surface area contributed by atoms with Crippen LogP contribution in [0.4, 0.5) is 0 Å². The molecule has 2 rings (SSSR count). The molecule has 0 heterocycles. The molecule has 0 spiro atoms. The van der Waals surface area contributed by atoms with Gasteiger partial charge in [-0.15, -0.1) is 0 Å². The minimum Gasteiger partial charge on any atom is -0.335 e. The molecule has 0 atom stereocenters. The summed E-state index contributed by atoms with van der Waals surface area (Å²) in [5, 5.41) is 1.79. The van der Waals surface area contributed by atoms with Gasteiger partial charge < -0.3 is 4.90 Å². The third kappa shape index (κ3) is 4.12. The number of carbonyl (C=O) groups excluding carboxylic acids is 1. The number of nitrogens with zero attached hydrogens (tertiary/aromatic N) is 1. The van der Waals surface area contributed by atoms with E-state index in [0.29, 0.717) is 28.2 Å². The highest BCUT2D eigenvalue weighted by atomic mass is 79.9. The second kappa shape index (κ2) is 7.67. The first-order chi connectivity index (χ1) is 9.61. The van der Waals surface area contributed by atoms with E-state index in [-0.39, 0.29) is 5.91 Å². The van der Waals surface area contributed by atoms with E-state index in [0.717, 1.165) is 18.2 Å². The van der Waals surface area contributed by atoms with E-state index in [4.69, 9.17) is 23.2 Å². The first-order valence-corrected chi connectivity index (χ1v) is 8.82. The van der Waals surface area contributed by atoms with Crippen LogP contribution in [0.15, 0.2) is 18.2 Å². The first-order valence-electron chi connectivity index (χ1n) is 6.95. The van der Waals surface area contributed by atoms with Crippen molar-refractivity contribution in [3.63, 3.8) is 0 Å². The molecule has 0 saturated heterocycles. The normalized spacial score (nSPS) is 16.1. The zero-order chi connectivity index (χ0) is 14.5. The van der Waals surface area contributed by atoms with Gasteiger partial charge in [-0.05, 0) is 31.0 Å². The smallest absolute Gasteiger partial charge is 0.254 e. The number of amides is 1. The van der Waals surface area contributed by atoms with E-state index in [1.807, 2.05) is 4.90 Å². The molecule has 1 saturated carbocycles. The minimum atomic E-state index is 0.0285. The lowest BCUT2D eigenvalue weighted by Gasteiger charge is -2.34. The lowest BCUT2D eigenvalue weighted by molar-refractivity contribution is 0.0651. The van der Waals surface area contributed by atoms with Crippen molar-refractivity contribution in [3.8, 4) is 0 Å². The number of halogens is 3. The summed E-state index contributed by atoms with van der Waals surface area (Å²) in [6, 6.07) is 5.38. The molecule has 0 N–H and O–H groups in total. The van der Waals surface area contributed by atoms with Crippen molar-refractivity contribution in [1.82, 2.24) is 4.90 Å². The molecule has 0 bridgehead atoms. The zero-order valence-corrected chi connectivity index (χ0v) is 14.3. The first kappa shape index (κ1) is 16.1. The largest absolute Gasteiger partial charge is 0.335 e. The average Bonchev–Trinajstić information content (AvgIpc) is 2.44. The molecule has 1 amide bonds. The summed E-state index contributed by atoms with van der Waals surface area (Å²) in [7, 11) is 0. The van der Waals surface area contributed by atoms with Crippen LogP contribution in [0.3, 0.4) is 0 Å². The fraction of sp³-hybridized carbons (Fsp3) is 0.533. The SMILES string of the molecule is O=C(c1cc(Cl)cc(Cl)c1)N(CCBr)C1CCCCC1. The van der Waals surface area contributed by atoms with Crippen molar-refractivity contribution in [2.45, 2.75) is 38.1 Å². The Morgan fingerprint density at radius 3 is 2.30 bits per heavy atom. The summed E-state index contributed by atoms with van der Waals surface area (Å²) >= 11 is 15.4. The Bertz CT molecular complexity index is 455. The molecule has 2 nitrogen and oxygen atoms in total. The molecule has 1 aromatic carbocycles. The van der Waals surface area contributed by atoms with Crippen LogP contribution < -0.4 is 0 Å². The molecule has 20 heavy (non-hydrogen) atoms. The van der Waals surface area contributed by atoms with Crippen LogP contribution in [0.5, 0.6) is 0 Å². The van der Waals surface area contributed by atoms with Gasteiger partial charge in [0, 0.05) is 33.5 Å². The molecular weight excluding hydrogens is 361 g/mol. The Kier molecular flexibility index (Phi) is 6.19. The molecule has 1 aliphatic rings. The summed E-state index contributed by atoms with van der Waals surface area (Å²) in [5.41, 5.74) is 0.578. The van der Waals surface area contributed by atoms with E-state index >= 15 is 0 Å². The maximum Gasteiger partial charge on any atom is 0.254 e. The van der Waals surface area contributed by atoms with Crippen LogP contribution in [0, 0.1) is 0 Å². The van der Waals surface area contributed by atoms with E-state index in [9.17, 15) is 4.79 Å². The summed E-state index contributed by atoms with van der Waals surface area (Å²) in [5.74, 6) is 0.0285. The fourth-order valence-electron chi connectivity index (χ4n) is 2.78. The quantitative estimate of drug-likeness (QED) is 0.662. The van der Waals surface area contributed by atoms with Gasteiger partial charge in [-0.3, -0.25) is 4.79 Å². The van der Waals surface area contributed by atoms with Gasteiger partial charge in [0.25, 0.3) is 5.91 Å². The molecule has 0 unspecified atom stereocenters. The maximum atomic E-state index is 12.7. The highest BCUT2D eigenvalue weighted by Gasteiger charge is 2.26. The van der Waals surface area contributed by atoms with Crippen molar-refractivity contribution < 1.29 is 4.79 Å². The lowest BCUT2D eigenvalue weighted by Crippen LogP contribution is -2.42. The van der Waals surface area contributed by atoms with Crippen LogP contribution in [-0.2, 0) is 0 Å². The predicted molar refractivity (Wildman–Crippen MR) is 88.2 cm³/mol.